The van der Waals surface area contributed by atoms with Gasteiger partial charge in [-0.1, -0.05) is 31.9 Å². The summed E-state index contributed by atoms with van der Waals surface area (Å²) in [6.07, 6.45) is 3.65. The number of methoxy groups -OCH3 is 1. The van der Waals surface area contributed by atoms with E-state index in [1.165, 1.54) is 24.8 Å². The molecule has 0 saturated heterocycles. The van der Waals surface area contributed by atoms with Gasteiger partial charge in [-0.3, -0.25) is 0 Å². The lowest BCUT2D eigenvalue weighted by Crippen LogP contribution is -2.00. The monoisotopic (exact) mass is 294 g/mol. The Balaban J connectivity index is 2.04. The molecule has 0 fully saturated rings. The van der Waals surface area contributed by atoms with Gasteiger partial charge in [0, 0.05) is 12.1 Å². The van der Waals surface area contributed by atoms with Crippen LogP contribution < -0.4 is 4.74 Å². The van der Waals surface area contributed by atoms with Crippen molar-refractivity contribution in [3.8, 4) is 17.1 Å². The van der Waals surface area contributed by atoms with E-state index in [0.717, 1.165) is 29.2 Å². The fourth-order valence-electron chi connectivity index (χ4n) is 2.78. The SMILES string of the molecule is CCCCCn1c(-c2ccc(OC)cc2)nc2ccccc21. The van der Waals surface area contributed by atoms with Crippen LogP contribution >= 0.6 is 0 Å². The van der Waals surface area contributed by atoms with Crippen LogP contribution in [0, 0.1) is 0 Å². The number of para-hydroxylation sites is 2. The molecule has 0 saturated carbocycles. The number of hydrogen-bond acceptors (Lipinski definition) is 2. The highest BCUT2D eigenvalue weighted by molar-refractivity contribution is 5.80. The largest absolute Gasteiger partial charge is 0.497 e. The van der Waals surface area contributed by atoms with Crippen LogP contribution in [0.15, 0.2) is 48.5 Å². The van der Waals surface area contributed by atoms with Crippen molar-refractivity contribution in [2.45, 2.75) is 32.7 Å². The summed E-state index contributed by atoms with van der Waals surface area (Å²) in [7, 11) is 1.69. The highest BCUT2D eigenvalue weighted by atomic mass is 16.5. The van der Waals surface area contributed by atoms with E-state index >= 15 is 0 Å². The molecule has 0 bridgehead atoms. The van der Waals surface area contributed by atoms with Gasteiger partial charge in [0.1, 0.15) is 11.6 Å². The molecule has 0 amide bonds. The summed E-state index contributed by atoms with van der Waals surface area (Å²) in [4.78, 5) is 4.84. The average Bonchev–Trinajstić information content (AvgIpc) is 2.94. The van der Waals surface area contributed by atoms with Crippen LogP contribution in [0.2, 0.25) is 0 Å². The maximum Gasteiger partial charge on any atom is 0.141 e. The van der Waals surface area contributed by atoms with Gasteiger partial charge in [0.05, 0.1) is 18.1 Å². The first-order valence-electron chi connectivity index (χ1n) is 7.93. The second kappa shape index (κ2) is 6.65. The second-order valence-corrected chi connectivity index (χ2v) is 5.51. The van der Waals surface area contributed by atoms with Crippen molar-refractivity contribution in [1.29, 1.82) is 0 Å². The van der Waals surface area contributed by atoms with Crippen molar-refractivity contribution in [2.24, 2.45) is 0 Å². The van der Waals surface area contributed by atoms with E-state index in [0.29, 0.717) is 0 Å². The number of imidazole rings is 1. The Morgan fingerprint density at radius 2 is 1.77 bits per heavy atom. The molecule has 3 rings (SSSR count). The third-order valence-electron chi connectivity index (χ3n) is 3.99. The van der Waals surface area contributed by atoms with E-state index in [1.54, 1.807) is 7.11 Å². The average molecular weight is 294 g/mol. The molecule has 22 heavy (non-hydrogen) atoms. The standard InChI is InChI=1S/C19H22N2O/c1-3-4-7-14-21-18-9-6-5-8-17(18)20-19(21)15-10-12-16(22-2)13-11-15/h5-6,8-13H,3-4,7,14H2,1-2H3. The molecular formula is C19H22N2O. The van der Waals surface area contributed by atoms with E-state index in [9.17, 15) is 0 Å². The number of aromatic nitrogens is 2. The van der Waals surface area contributed by atoms with E-state index in [-0.39, 0.29) is 0 Å². The van der Waals surface area contributed by atoms with E-state index in [2.05, 4.69) is 41.8 Å². The number of ether oxygens (including phenoxy) is 1. The quantitative estimate of drug-likeness (QED) is 0.604. The van der Waals surface area contributed by atoms with Gasteiger partial charge in [0.25, 0.3) is 0 Å². The molecule has 0 aliphatic carbocycles. The first-order valence-corrected chi connectivity index (χ1v) is 7.93. The van der Waals surface area contributed by atoms with Crippen LogP contribution in [0.4, 0.5) is 0 Å². The molecule has 2 aromatic carbocycles. The van der Waals surface area contributed by atoms with E-state index in [1.807, 2.05) is 18.2 Å². The Morgan fingerprint density at radius 1 is 1.00 bits per heavy atom. The first-order chi connectivity index (χ1) is 10.8. The lowest BCUT2D eigenvalue weighted by atomic mass is 10.2. The van der Waals surface area contributed by atoms with Gasteiger partial charge in [-0.2, -0.15) is 0 Å². The maximum absolute atomic E-state index is 5.25. The lowest BCUT2D eigenvalue weighted by Gasteiger charge is -2.09. The molecule has 0 N–H and O–H groups in total. The van der Waals surface area contributed by atoms with Crippen LogP contribution in [-0.2, 0) is 6.54 Å². The number of benzene rings is 2. The predicted molar refractivity (Wildman–Crippen MR) is 91.2 cm³/mol. The number of unbranched alkanes of at least 4 members (excludes halogenated alkanes) is 2. The second-order valence-electron chi connectivity index (χ2n) is 5.51. The van der Waals surface area contributed by atoms with Crippen molar-refractivity contribution < 1.29 is 4.74 Å². The number of nitrogens with zero attached hydrogens (tertiary/aromatic N) is 2. The molecule has 0 spiro atoms. The fourth-order valence-corrected chi connectivity index (χ4v) is 2.78. The predicted octanol–water partition coefficient (Wildman–Crippen LogP) is 4.90. The van der Waals surface area contributed by atoms with Crippen molar-refractivity contribution in [3.63, 3.8) is 0 Å². The topological polar surface area (TPSA) is 27.1 Å². The van der Waals surface area contributed by atoms with E-state index in [4.69, 9.17) is 9.72 Å². The summed E-state index contributed by atoms with van der Waals surface area (Å²) in [6.45, 7) is 3.24. The normalized spacial score (nSPS) is 11.0. The Morgan fingerprint density at radius 3 is 2.50 bits per heavy atom. The molecule has 0 atom stereocenters. The molecule has 3 aromatic rings. The minimum Gasteiger partial charge on any atom is -0.497 e. The molecule has 0 unspecified atom stereocenters. The highest BCUT2D eigenvalue weighted by Gasteiger charge is 2.12. The smallest absolute Gasteiger partial charge is 0.141 e. The van der Waals surface area contributed by atoms with Crippen LogP contribution in [-0.4, -0.2) is 16.7 Å². The maximum atomic E-state index is 5.25. The third-order valence-corrected chi connectivity index (χ3v) is 3.99. The van der Waals surface area contributed by atoms with Gasteiger partial charge < -0.3 is 9.30 Å². The van der Waals surface area contributed by atoms with Gasteiger partial charge in [0.15, 0.2) is 0 Å². The molecule has 114 valence electrons. The summed E-state index contributed by atoms with van der Waals surface area (Å²) in [6, 6.07) is 16.5. The molecule has 1 aromatic heterocycles. The van der Waals surface area contributed by atoms with E-state index < -0.39 is 0 Å². The first kappa shape index (κ1) is 14.6. The zero-order valence-electron chi connectivity index (χ0n) is 13.2. The van der Waals surface area contributed by atoms with Crippen LogP contribution in [0.3, 0.4) is 0 Å². The lowest BCUT2D eigenvalue weighted by molar-refractivity contribution is 0.415. The summed E-state index contributed by atoms with van der Waals surface area (Å²) in [5.74, 6) is 1.91. The van der Waals surface area contributed by atoms with Gasteiger partial charge in [-0.25, -0.2) is 4.98 Å². The van der Waals surface area contributed by atoms with Crippen molar-refractivity contribution in [2.75, 3.05) is 7.11 Å². The number of fused-ring (bicyclic) bond motifs is 1. The fraction of sp³-hybridized carbons (Fsp3) is 0.316. The zero-order chi connectivity index (χ0) is 15.4. The summed E-state index contributed by atoms with van der Waals surface area (Å²) >= 11 is 0. The summed E-state index contributed by atoms with van der Waals surface area (Å²) in [5.41, 5.74) is 3.41. The highest BCUT2D eigenvalue weighted by Crippen LogP contribution is 2.26. The van der Waals surface area contributed by atoms with Crippen molar-refractivity contribution in [3.05, 3.63) is 48.5 Å². The van der Waals surface area contributed by atoms with Gasteiger partial charge in [-0.05, 0) is 42.8 Å². The molecule has 3 nitrogen and oxygen atoms in total. The Labute approximate surface area is 131 Å². The van der Waals surface area contributed by atoms with Gasteiger partial charge >= 0.3 is 0 Å². The van der Waals surface area contributed by atoms with Gasteiger partial charge in [-0.15, -0.1) is 0 Å². The van der Waals surface area contributed by atoms with Crippen molar-refractivity contribution in [1.82, 2.24) is 9.55 Å². The minimum atomic E-state index is 0.873. The van der Waals surface area contributed by atoms with Crippen LogP contribution in [0.1, 0.15) is 26.2 Å². The number of hydrogen-bond donors (Lipinski definition) is 0. The molecule has 0 aliphatic rings. The minimum absolute atomic E-state index is 0.873. The molecule has 3 heteroatoms. The molecule has 0 aliphatic heterocycles. The van der Waals surface area contributed by atoms with Crippen LogP contribution in [0.25, 0.3) is 22.4 Å². The zero-order valence-corrected chi connectivity index (χ0v) is 13.2. The summed E-state index contributed by atoms with van der Waals surface area (Å²) in [5, 5.41) is 0. The van der Waals surface area contributed by atoms with Crippen molar-refractivity contribution >= 4 is 11.0 Å². The Bertz CT molecular complexity index is 744. The van der Waals surface area contributed by atoms with Crippen LogP contribution in [0.5, 0.6) is 5.75 Å². The molecular weight excluding hydrogens is 272 g/mol. The Hall–Kier alpha value is -2.29. The molecule has 1 heterocycles. The number of aryl methyl sites for hydroxylation is 1. The Kier molecular flexibility index (Phi) is 4.42. The third kappa shape index (κ3) is 2.84. The summed E-state index contributed by atoms with van der Waals surface area (Å²) < 4.78 is 7.59. The number of rotatable bonds is 6. The van der Waals surface area contributed by atoms with Gasteiger partial charge in [0.2, 0.25) is 0 Å². The molecule has 0 radical (unpaired) electrons.